The van der Waals surface area contributed by atoms with E-state index in [0.717, 1.165) is 27.4 Å². The molecule has 1 aromatic heterocycles. The zero-order valence-electron chi connectivity index (χ0n) is 18.8. The lowest BCUT2D eigenvalue weighted by Crippen LogP contribution is -2.05. The molecular weight excluding hydrogens is 400 g/mol. The van der Waals surface area contributed by atoms with Crippen LogP contribution in [0.5, 0.6) is 0 Å². The van der Waals surface area contributed by atoms with Crippen LogP contribution >= 0.6 is 0 Å². The van der Waals surface area contributed by atoms with Gasteiger partial charge in [0.05, 0.1) is 11.2 Å². The van der Waals surface area contributed by atoms with Gasteiger partial charge in [-0.1, -0.05) is 36.3 Å². The minimum Gasteiger partial charge on any atom is -0.411 e. The van der Waals surface area contributed by atoms with Gasteiger partial charge >= 0.3 is 0 Å². The Balaban J connectivity index is 2.06. The zero-order chi connectivity index (χ0) is 23.0. The fourth-order valence-electron chi connectivity index (χ4n) is 4.39. The van der Waals surface area contributed by atoms with Crippen LogP contribution in [0, 0.1) is 6.92 Å². The molecule has 0 saturated heterocycles. The first kappa shape index (κ1) is 21.5. The van der Waals surface area contributed by atoms with Crippen molar-refractivity contribution in [2.24, 2.45) is 5.16 Å². The van der Waals surface area contributed by atoms with E-state index in [1.807, 2.05) is 69.3 Å². The number of Topliss-reactive ketones (excluding diaryl/α,β-unsaturated/α-hetero) is 1. The molecule has 0 atom stereocenters. The number of hydrogen-bond donors (Lipinski definition) is 1. The molecule has 3 aromatic carbocycles. The Morgan fingerprint density at radius 1 is 0.938 bits per heavy atom. The second-order valence-electron chi connectivity index (χ2n) is 8.00. The predicted molar refractivity (Wildman–Crippen MR) is 128 cm³/mol. The van der Waals surface area contributed by atoms with Crippen LogP contribution in [0.2, 0.25) is 0 Å². The maximum atomic E-state index is 13.3. The number of benzene rings is 3. The van der Waals surface area contributed by atoms with Crippen LogP contribution in [0.3, 0.4) is 0 Å². The molecule has 0 saturated carbocycles. The van der Waals surface area contributed by atoms with Crippen molar-refractivity contribution in [2.75, 3.05) is 0 Å². The summed E-state index contributed by atoms with van der Waals surface area (Å²) in [5, 5.41) is 14.7. The van der Waals surface area contributed by atoms with Gasteiger partial charge in [0, 0.05) is 51.5 Å². The molecule has 0 unspecified atom stereocenters. The molecule has 32 heavy (non-hydrogen) atoms. The van der Waals surface area contributed by atoms with Gasteiger partial charge in [0.25, 0.3) is 0 Å². The monoisotopic (exact) mass is 426 g/mol. The Labute approximate surface area is 187 Å². The van der Waals surface area contributed by atoms with Crippen molar-refractivity contribution in [3.05, 3.63) is 82.4 Å². The molecule has 0 aliphatic rings. The minimum atomic E-state index is -0.0310. The quantitative estimate of drug-likeness (QED) is 0.174. The standard InChI is InChI=1S/C27H26N2O3/c1-5-25(30)19-14-21(17(4)28-32)26-23(15-19)22-13-18(11-12-24(22)29(26)6-2)27(31)20-10-8-7-9-16(20)3/h7-15,32H,5-6H2,1-4H3. The number of fused-ring (bicyclic) bond motifs is 3. The van der Waals surface area contributed by atoms with Gasteiger partial charge in [-0.3, -0.25) is 9.59 Å². The molecule has 0 spiro atoms. The summed E-state index contributed by atoms with van der Waals surface area (Å²) in [6.45, 7) is 8.22. The van der Waals surface area contributed by atoms with E-state index in [2.05, 4.69) is 9.72 Å². The molecule has 0 fully saturated rings. The third-order valence-electron chi connectivity index (χ3n) is 6.11. The zero-order valence-corrected chi connectivity index (χ0v) is 18.8. The van der Waals surface area contributed by atoms with Crippen molar-refractivity contribution in [2.45, 2.75) is 40.7 Å². The highest BCUT2D eigenvalue weighted by atomic mass is 16.4. The lowest BCUT2D eigenvalue weighted by atomic mass is 9.96. The van der Waals surface area contributed by atoms with Crippen LogP contribution in [0.15, 0.2) is 59.8 Å². The first-order valence-corrected chi connectivity index (χ1v) is 10.8. The van der Waals surface area contributed by atoms with Gasteiger partial charge in [-0.25, -0.2) is 0 Å². The third kappa shape index (κ3) is 3.40. The Morgan fingerprint density at radius 3 is 2.31 bits per heavy atom. The van der Waals surface area contributed by atoms with Crippen molar-refractivity contribution in [3.8, 4) is 0 Å². The summed E-state index contributed by atoms with van der Waals surface area (Å²) in [7, 11) is 0. The molecular formula is C27H26N2O3. The van der Waals surface area contributed by atoms with Gasteiger partial charge in [-0.15, -0.1) is 0 Å². The van der Waals surface area contributed by atoms with Crippen molar-refractivity contribution in [3.63, 3.8) is 0 Å². The first-order valence-electron chi connectivity index (χ1n) is 10.8. The Bertz CT molecular complexity index is 1410. The number of hydrogen-bond acceptors (Lipinski definition) is 4. The fourth-order valence-corrected chi connectivity index (χ4v) is 4.39. The normalized spacial score (nSPS) is 11.9. The largest absolute Gasteiger partial charge is 0.411 e. The van der Waals surface area contributed by atoms with Gasteiger partial charge in [0.15, 0.2) is 11.6 Å². The number of carbonyl (C=O) groups is 2. The van der Waals surface area contributed by atoms with E-state index in [0.29, 0.717) is 40.9 Å². The van der Waals surface area contributed by atoms with Gasteiger partial charge in [0.1, 0.15) is 0 Å². The molecule has 0 amide bonds. The predicted octanol–water partition coefficient (Wildman–Crippen LogP) is 6.14. The molecule has 0 bridgehead atoms. The van der Waals surface area contributed by atoms with Crippen LogP contribution in [0.4, 0.5) is 0 Å². The molecule has 162 valence electrons. The SMILES string of the molecule is CCC(=O)c1cc(C(C)=NO)c2c(c1)c1cc(C(=O)c3ccccc3C)ccc1n2CC. The number of aromatic nitrogens is 1. The van der Waals surface area contributed by atoms with Gasteiger partial charge in [0.2, 0.25) is 0 Å². The minimum absolute atomic E-state index is 0.0171. The van der Waals surface area contributed by atoms with Crippen LogP contribution in [-0.4, -0.2) is 27.1 Å². The lowest BCUT2D eigenvalue weighted by Gasteiger charge is -2.10. The summed E-state index contributed by atoms with van der Waals surface area (Å²) < 4.78 is 2.14. The highest BCUT2D eigenvalue weighted by Gasteiger charge is 2.20. The maximum absolute atomic E-state index is 13.3. The van der Waals surface area contributed by atoms with E-state index in [-0.39, 0.29) is 11.6 Å². The third-order valence-corrected chi connectivity index (χ3v) is 6.11. The molecule has 4 aromatic rings. The topological polar surface area (TPSA) is 71.7 Å². The van der Waals surface area contributed by atoms with Crippen LogP contribution in [0.25, 0.3) is 21.8 Å². The molecule has 0 aliphatic heterocycles. The number of ketones is 2. The summed E-state index contributed by atoms with van der Waals surface area (Å²) in [4.78, 5) is 25.8. The van der Waals surface area contributed by atoms with E-state index in [9.17, 15) is 14.8 Å². The smallest absolute Gasteiger partial charge is 0.193 e. The van der Waals surface area contributed by atoms with E-state index < -0.39 is 0 Å². The molecule has 0 aliphatic carbocycles. The number of aryl methyl sites for hydroxylation is 2. The Kier molecular flexibility index (Phi) is 5.66. The molecule has 1 heterocycles. The van der Waals surface area contributed by atoms with E-state index in [4.69, 9.17) is 0 Å². The van der Waals surface area contributed by atoms with Crippen LogP contribution in [-0.2, 0) is 6.54 Å². The average Bonchev–Trinajstić information content (AvgIpc) is 3.15. The van der Waals surface area contributed by atoms with Gasteiger partial charge < -0.3 is 9.77 Å². The van der Waals surface area contributed by atoms with Crippen molar-refractivity contribution in [1.29, 1.82) is 0 Å². The molecule has 5 nitrogen and oxygen atoms in total. The van der Waals surface area contributed by atoms with Crippen LogP contribution < -0.4 is 0 Å². The Morgan fingerprint density at radius 2 is 1.66 bits per heavy atom. The van der Waals surface area contributed by atoms with Crippen molar-refractivity contribution in [1.82, 2.24) is 4.57 Å². The molecule has 1 N–H and O–H groups in total. The second-order valence-corrected chi connectivity index (χ2v) is 8.00. The van der Waals surface area contributed by atoms with Gasteiger partial charge in [-0.05, 0) is 56.7 Å². The first-order chi connectivity index (χ1) is 15.4. The van der Waals surface area contributed by atoms with Crippen LogP contribution in [0.1, 0.15) is 64.6 Å². The number of oxime groups is 1. The summed E-state index contributed by atoms with van der Waals surface area (Å²) in [5.74, 6) is -0.0139. The molecule has 5 heteroatoms. The van der Waals surface area contributed by atoms with E-state index in [1.165, 1.54) is 0 Å². The molecule has 4 rings (SSSR count). The summed E-state index contributed by atoms with van der Waals surface area (Å²) in [6, 6.07) is 17.0. The fraction of sp³-hybridized carbons (Fsp3) is 0.222. The number of rotatable bonds is 6. The maximum Gasteiger partial charge on any atom is 0.193 e. The van der Waals surface area contributed by atoms with E-state index in [1.54, 1.807) is 13.0 Å². The highest BCUT2D eigenvalue weighted by molar-refractivity contribution is 6.20. The van der Waals surface area contributed by atoms with Crippen molar-refractivity contribution < 1.29 is 14.8 Å². The lowest BCUT2D eigenvalue weighted by molar-refractivity contribution is 0.0987. The summed E-state index contributed by atoms with van der Waals surface area (Å²) in [5.41, 5.74) is 5.80. The Hall–Kier alpha value is -3.73. The second kappa shape index (κ2) is 8.42. The van der Waals surface area contributed by atoms with Crippen molar-refractivity contribution >= 4 is 39.1 Å². The number of nitrogens with zero attached hydrogens (tertiary/aromatic N) is 2. The summed E-state index contributed by atoms with van der Waals surface area (Å²) >= 11 is 0. The molecule has 0 radical (unpaired) electrons. The number of carbonyl (C=O) groups excluding carboxylic acids is 2. The van der Waals surface area contributed by atoms with Gasteiger partial charge in [-0.2, -0.15) is 0 Å². The average molecular weight is 427 g/mol. The highest BCUT2D eigenvalue weighted by Crippen LogP contribution is 2.34. The summed E-state index contributed by atoms with van der Waals surface area (Å²) in [6.07, 6.45) is 0.379. The van der Waals surface area contributed by atoms with E-state index >= 15 is 0 Å².